The Morgan fingerprint density at radius 1 is 1.21 bits per heavy atom. The van der Waals surface area contributed by atoms with E-state index in [4.69, 9.17) is 11.5 Å². The van der Waals surface area contributed by atoms with Crippen LogP contribution >= 0.6 is 0 Å². The van der Waals surface area contributed by atoms with Crippen LogP contribution in [0, 0.1) is 13.8 Å². The zero-order valence-corrected chi connectivity index (χ0v) is 8.07. The van der Waals surface area contributed by atoms with Crippen LogP contribution in [0.3, 0.4) is 0 Å². The van der Waals surface area contributed by atoms with Gasteiger partial charge in [-0.2, -0.15) is 0 Å². The summed E-state index contributed by atoms with van der Waals surface area (Å²) >= 11 is 0. The molecule has 5 nitrogen and oxygen atoms in total. The van der Waals surface area contributed by atoms with Gasteiger partial charge in [-0.1, -0.05) is 4.85 Å². The number of aromatic nitrogens is 2. The fourth-order valence-corrected chi connectivity index (χ4v) is 1.57. The second-order valence-corrected chi connectivity index (χ2v) is 3.37. The van der Waals surface area contributed by atoms with E-state index in [0.29, 0.717) is 22.3 Å². The van der Waals surface area contributed by atoms with E-state index in [2.05, 4.69) is 5.10 Å². The minimum Gasteiger partial charge on any atom is -0.411 e. The van der Waals surface area contributed by atoms with Gasteiger partial charge < -0.3 is 16.7 Å². The van der Waals surface area contributed by atoms with Crippen molar-refractivity contribution in [3.8, 4) is 0 Å². The highest BCUT2D eigenvalue weighted by Crippen LogP contribution is 2.32. The van der Waals surface area contributed by atoms with Gasteiger partial charge in [0, 0.05) is 11.1 Å². The maximum atomic E-state index is 9.40. The van der Waals surface area contributed by atoms with Gasteiger partial charge >= 0.3 is 0 Å². The SMILES string of the molecule is Cc1c(C)c(N)c2c(cnn2O)c1N. The summed E-state index contributed by atoms with van der Waals surface area (Å²) < 4.78 is 0. The molecular formula is C9H12N4O. The lowest BCUT2D eigenvalue weighted by molar-refractivity contribution is 0.161. The first-order chi connectivity index (χ1) is 6.54. The molecule has 1 aromatic heterocycles. The standard InChI is InChI=1S/C9H12N4O/c1-4-5(2)8(11)9-6(7(4)10)3-12-13(9)14/h3,14H,10-11H2,1-2H3. The maximum absolute atomic E-state index is 9.40. The van der Waals surface area contributed by atoms with Crippen LogP contribution in [0.1, 0.15) is 11.1 Å². The molecule has 0 spiro atoms. The topological polar surface area (TPSA) is 90.1 Å². The van der Waals surface area contributed by atoms with Gasteiger partial charge in [0.15, 0.2) is 0 Å². The van der Waals surface area contributed by atoms with Crippen LogP contribution in [-0.2, 0) is 0 Å². The smallest absolute Gasteiger partial charge is 0.135 e. The maximum Gasteiger partial charge on any atom is 0.135 e. The van der Waals surface area contributed by atoms with Gasteiger partial charge in [0.2, 0.25) is 0 Å². The molecule has 0 amide bonds. The van der Waals surface area contributed by atoms with Crippen LogP contribution < -0.4 is 11.5 Å². The van der Waals surface area contributed by atoms with Gasteiger partial charge in [0.05, 0.1) is 11.9 Å². The summed E-state index contributed by atoms with van der Waals surface area (Å²) in [5.41, 5.74) is 15.2. The van der Waals surface area contributed by atoms with Crippen LogP contribution in [0.2, 0.25) is 0 Å². The Kier molecular flexibility index (Phi) is 1.57. The van der Waals surface area contributed by atoms with Gasteiger partial charge in [0.1, 0.15) is 5.52 Å². The van der Waals surface area contributed by atoms with Gasteiger partial charge in [-0.15, -0.1) is 5.10 Å². The van der Waals surface area contributed by atoms with Gasteiger partial charge in [0.25, 0.3) is 0 Å². The van der Waals surface area contributed by atoms with Crippen molar-refractivity contribution in [2.24, 2.45) is 0 Å². The second-order valence-electron chi connectivity index (χ2n) is 3.37. The Labute approximate surface area is 80.9 Å². The predicted molar refractivity (Wildman–Crippen MR) is 55.2 cm³/mol. The number of rotatable bonds is 0. The number of benzene rings is 1. The highest BCUT2D eigenvalue weighted by atomic mass is 16.5. The molecule has 0 aliphatic carbocycles. The van der Waals surface area contributed by atoms with Crippen LogP contribution in [-0.4, -0.2) is 15.2 Å². The molecule has 2 rings (SSSR count). The van der Waals surface area contributed by atoms with E-state index in [1.807, 2.05) is 13.8 Å². The average molecular weight is 192 g/mol. The van der Waals surface area contributed by atoms with Crippen molar-refractivity contribution in [2.75, 3.05) is 11.5 Å². The highest BCUT2D eigenvalue weighted by molar-refractivity contribution is 6.00. The van der Waals surface area contributed by atoms with Gasteiger partial charge in [-0.3, -0.25) is 0 Å². The largest absolute Gasteiger partial charge is 0.411 e. The number of anilines is 2. The lowest BCUT2D eigenvalue weighted by Crippen LogP contribution is -2.02. The fourth-order valence-electron chi connectivity index (χ4n) is 1.57. The van der Waals surface area contributed by atoms with Crippen molar-refractivity contribution >= 4 is 22.3 Å². The molecule has 1 aromatic carbocycles. The molecule has 0 radical (unpaired) electrons. The third kappa shape index (κ3) is 0.863. The zero-order valence-electron chi connectivity index (χ0n) is 8.07. The zero-order chi connectivity index (χ0) is 10.5. The first-order valence-corrected chi connectivity index (χ1v) is 4.25. The molecule has 5 N–H and O–H groups in total. The van der Waals surface area contributed by atoms with Crippen molar-refractivity contribution in [1.82, 2.24) is 9.94 Å². The number of nitrogens with zero attached hydrogens (tertiary/aromatic N) is 2. The number of fused-ring (bicyclic) bond motifs is 1. The second kappa shape index (κ2) is 2.54. The Balaban J connectivity index is 3.05. The number of hydrogen-bond donors (Lipinski definition) is 3. The number of hydrogen-bond acceptors (Lipinski definition) is 4. The summed E-state index contributed by atoms with van der Waals surface area (Å²) in [4.78, 5) is 0.757. The van der Waals surface area contributed by atoms with Crippen LogP contribution in [0.15, 0.2) is 6.20 Å². The van der Waals surface area contributed by atoms with E-state index in [-0.39, 0.29) is 0 Å². The minimum atomic E-state index is 0.477. The van der Waals surface area contributed by atoms with Gasteiger partial charge in [-0.25, -0.2) is 0 Å². The van der Waals surface area contributed by atoms with E-state index in [0.717, 1.165) is 16.0 Å². The lowest BCUT2D eigenvalue weighted by Gasteiger charge is -2.09. The third-order valence-electron chi connectivity index (χ3n) is 2.67. The Morgan fingerprint density at radius 3 is 2.43 bits per heavy atom. The van der Waals surface area contributed by atoms with E-state index < -0.39 is 0 Å². The third-order valence-corrected chi connectivity index (χ3v) is 2.67. The molecule has 0 saturated carbocycles. The van der Waals surface area contributed by atoms with Crippen molar-refractivity contribution in [2.45, 2.75) is 13.8 Å². The molecule has 0 saturated heterocycles. The molecule has 0 unspecified atom stereocenters. The van der Waals surface area contributed by atoms with Crippen LogP contribution in [0.4, 0.5) is 11.4 Å². The molecule has 5 heteroatoms. The molecule has 74 valence electrons. The van der Waals surface area contributed by atoms with Crippen molar-refractivity contribution < 1.29 is 5.21 Å². The Hall–Kier alpha value is -1.91. The van der Waals surface area contributed by atoms with Crippen LogP contribution in [0.5, 0.6) is 0 Å². The summed E-state index contributed by atoms with van der Waals surface area (Å²) in [6, 6.07) is 0. The van der Waals surface area contributed by atoms with E-state index >= 15 is 0 Å². The van der Waals surface area contributed by atoms with Crippen molar-refractivity contribution in [3.63, 3.8) is 0 Å². The quantitative estimate of drug-likeness (QED) is 0.430. The summed E-state index contributed by atoms with van der Waals surface area (Å²) in [5.74, 6) is 0. The molecule has 0 fully saturated rings. The van der Waals surface area contributed by atoms with E-state index in [1.54, 1.807) is 0 Å². The van der Waals surface area contributed by atoms with Crippen molar-refractivity contribution in [3.05, 3.63) is 17.3 Å². The molecule has 0 bridgehead atoms. The first kappa shape index (κ1) is 8.68. The molecule has 0 aliphatic heterocycles. The molecule has 0 aliphatic rings. The number of nitrogens with two attached hydrogens (primary N) is 2. The Bertz CT molecular complexity index is 515. The lowest BCUT2D eigenvalue weighted by atomic mass is 10.0. The van der Waals surface area contributed by atoms with Gasteiger partial charge in [-0.05, 0) is 25.0 Å². The summed E-state index contributed by atoms with van der Waals surface area (Å²) in [6.45, 7) is 3.77. The molecule has 0 atom stereocenters. The van der Waals surface area contributed by atoms with E-state index in [9.17, 15) is 5.21 Å². The molecular weight excluding hydrogens is 180 g/mol. The Morgan fingerprint density at radius 2 is 1.79 bits per heavy atom. The summed E-state index contributed by atoms with van der Waals surface area (Å²) in [5, 5.41) is 13.8. The predicted octanol–water partition coefficient (Wildman–Crippen LogP) is 1.05. The summed E-state index contributed by atoms with van der Waals surface area (Å²) in [7, 11) is 0. The fraction of sp³-hybridized carbons (Fsp3) is 0.222. The first-order valence-electron chi connectivity index (χ1n) is 4.25. The molecule has 2 aromatic rings. The van der Waals surface area contributed by atoms with Crippen LogP contribution in [0.25, 0.3) is 10.9 Å². The average Bonchev–Trinajstić information content (AvgIpc) is 2.54. The van der Waals surface area contributed by atoms with E-state index in [1.165, 1.54) is 6.20 Å². The summed E-state index contributed by atoms with van der Waals surface area (Å²) in [6.07, 6.45) is 1.51. The number of nitrogen functional groups attached to an aromatic ring is 2. The normalized spacial score (nSPS) is 11.0. The highest BCUT2D eigenvalue weighted by Gasteiger charge is 2.14. The molecule has 14 heavy (non-hydrogen) atoms. The van der Waals surface area contributed by atoms with Crippen molar-refractivity contribution in [1.29, 1.82) is 0 Å². The minimum absolute atomic E-state index is 0.477. The monoisotopic (exact) mass is 192 g/mol. The molecule has 1 heterocycles.